The van der Waals surface area contributed by atoms with Gasteiger partial charge >= 0.3 is 0 Å². The third-order valence-corrected chi connectivity index (χ3v) is 4.53. The van der Waals surface area contributed by atoms with Crippen LogP contribution >= 0.6 is 23.4 Å². The second kappa shape index (κ2) is 8.59. The Morgan fingerprint density at radius 2 is 2.00 bits per heavy atom. The lowest BCUT2D eigenvalue weighted by molar-refractivity contribution is -0.118. The molecule has 1 N–H and O–H groups in total. The van der Waals surface area contributed by atoms with Gasteiger partial charge in [0.05, 0.1) is 28.9 Å². The molecule has 0 fully saturated rings. The minimum absolute atomic E-state index is 0.164. The van der Waals surface area contributed by atoms with Crippen molar-refractivity contribution >= 4 is 35.5 Å². The van der Waals surface area contributed by atoms with Crippen LogP contribution in [-0.4, -0.2) is 37.6 Å². The summed E-state index contributed by atoms with van der Waals surface area (Å²) in [5, 5.41) is 9.13. The van der Waals surface area contributed by atoms with E-state index in [0.717, 1.165) is 11.4 Å². The lowest BCUT2D eigenvalue weighted by Crippen LogP contribution is -2.19. The number of aromatic nitrogens is 4. The molecule has 0 spiro atoms. The highest BCUT2D eigenvalue weighted by molar-refractivity contribution is 7.99. The molecule has 9 heteroatoms. The standard InChI is InChI=1S/C17H15ClN6OS/c1-12-14(16(18)23-24(12)13-6-3-2-4-7-13)10-21-22-15(25)11-26-17-19-8-5-9-20-17/h2-10H,11H2,1H3,(H,22,25). The molecule has 0 aliphatic carbocycles. The Bertz CT molecular complexity index is 914. The molecule has 0 aliphatic rings. The Morgan fingerprint density at radius 1 is 1.27 bits per heavy atom. The first-order chi connectivity index (χ1) is 12.6. The van der Waals surface area contributed by atoms with Crippen LogP contribution in [0.1, 0.15) is 11.3 Å². The summed E-state index contributed by atoms with van der Waals surface area (Å²) in [6.45, 7) is 1.89. The largest absolute Gasteiger partial charge is 0.272 e. The van der Waals surface area contributed by atoms with Crippen molar-refractivity contribution in [2.45, 2.75) is 12.1 Å². The summed E-state index contributed by atoms with van der Waals surface area (Å²) in [5.41, 5.74) is 4.83. The van der Waals surface area contributed by atoms with Crippen molar-refractivity contribution in [1.29, 1.82) is 0 Å². The van der Waals surface area contributed by atoms with E-state index in [1.165, 1.54) is 18.0 Å². The molecule has 1 amide bonds. The Labute approximate surface area is 159 Å². The van der Waals surface area contributed by atoms with E-state index in [-0.39, 0.29) is 11.7 Å². The predicted octanol–water partition coefficient (Wildman–Crippen LogP) is 2.87. The number of benzene rings is 1. The first-order valence-electron chi connectivity index (χ1n) is 7.67. The number of nitrogens with one attached hydrogen (secondary N) is 1. The fraction of sp³-hybridized carbons (Fsp3) is 0.118. The van der Waals surface area contributed by atoms with Gasteiger partial charge in [0.2, 0.25) is 0 Å². The highest BCUT2D eigenvalue weighted by atomic mass is 35.5. The number of halogens is 1. The Balaban J connectivity index is 1.62. The summed E-state index contributed by atoms with van der Waals surface area (Å²) in [5.74, 6) is -0.0971. The van der Waals surface area contributed by atoms with Gasteiger partial charge in [-0.2, -0.15) is 10.2 Å². The van der Waals surface area contributed by atoms with Crippen molar-refractivity contribution in [3.8, 4) is 5.69 Å². The summed E-state index contributed by atoms with van der Waals surface area (Å²) in [6.07, 6.45) is 4.74. The quantitative estimate of drug-likeness (QED) is 0.305. The van der Waals surface area contributed by atoms with Gasteiger partial charge in [0, 0.05) is 12.4 Å². The number of hydrogen-bond acceptors (Lipinski definition) is 6. The fourth-order valence-electron chi connectivity index (χ4n) is 2.14. The second-order valence-corrected chi connectivity index (χ2v) is 6.45. The van der Waals surface area contributed by atoms with Crippen LogP contribution in [0.15, 0.2) is 59.0 Å². The molecule has 2 aromatic heterocycles. The number of hydrogen-bond donors (Lipinski definition) is 1. The second-order valence-electron chi connectivity index (χ2n) is 5.15. The lowest BCUT2D eigenvalue weighted by Gasteiger charge is -2.03. The van der Waals surface area contributed by atoms with E-state index in [4.69, 9.17) is 11.6 Å². The van der Waals surface area contributed by atoms with Gasteiger partial charge in [-0.05, 0) is 25.1 Å². The smallest absolute Gasteiger partial charge is 0.250 e. The van der Waals surface area contributed by atoms with E-state index < -0.39 is 0 Å². The summed E-state index contributed by atoms with van der Waals surface area (Å²) >= 11 is 7.43. The molecule has 3 aromatic rings. The molecule has 0 saturated carbocycles. The third-order valence-electron chi connectivity index (χ3n) is 3.38. The summed E-state index contributed by atoms with van der Waals surface area (Å²) in [4.78, 5) is 19.9. The Hall–Kier alpha value is -2.71. The van der Waals surface area contributed by atoms with Gasteiger partial charge in [-0.1, -0.05) is 41.6 Å². The predicted molar refractivity (Wildman–Crippen MR) is 102 cm³/mol. The van der Waals surface area contributed by atoms with E-state index in [2.05, 4.69) is 25.6 Å². The third kappa shape index (κ3) is 4.47. The normalized spacial score (nSPS) is 11.0. The van der Waals surface area contributed by atoms with Crippen molar-refractivity contribution < 1.29 is 4.79 Å². The lowest BCUT2D eigenvalue weighted by atomic mass is 10.2. The van der Waals surface area contributed by atoms with Gasteiger partial charge in [0.15, 0.2) is 10.3 Å². The molecule has 0 aliphatic heterocycles. The van der Waals surface area contributed by atoms with Crippen molar-refractivity contribution in [3.05, 3.63) is 65.2 Å². The Kier molecular flexibility index (Phi) is 5.98. The van der Waals surface area contributed by atoms with Crippen molar-refractivity contribution in [1.82, 2.24) is 25.2 Å². The SMILES string of the molecule is Cc1c(C=NNC(=O)CSc2ncccn2)c(Cl)nn1-c1ccccc1. The van der Waals surface area contributed by atoms with Crippen LogP contribution in [0.3, 0.4) is 0 Å². The van der Waals surface area contributed by atoms with Crippen LogP contribution < -0.4 is 5.43 Å². The fourth-order valence-corrected chi connectivity index (χ4v) is 3.00. The van der Waals surface area contributed by atoms with Gasteiger partial charge in [-0.15, -0.1) is 0 Å². The Morgan fingerprint density at radius 3 is 2.73 bits per heavy atom. The highest BCUT2D eigenvalue weighted by Gasteiger charge is 2.12. The summed E-state index contributed by atoms with van der Waals surface area (Å²) in [7, 11) is 0. The summed E-state index contributed by atoms with van der Waals surface area (Å²) < 4.78 is 1.73. The highest BCUT2D eigenvalue weighted by Crippen LogP contribution is 2.20. The van der Waals surface area contributed by atoms with E-state index in [0.29, 0.717) is 15.9 Å². The minimum Gasteiger partial charge on any atom is -0.272 e. The zero-order valence-corrected chi connectivity index (χ0v) is 15.4. The molecule has 132 valence electrons. The van der Waals surface area contributed by atoms with Gasteiger partial charge < -0.3 is 0 Å². The number of nitrogens with zero attached hydrogens (tertiary/aromatic N) is 5. The van der Waals surface area contributed by atoms with Gasteiger partial charge in [0.25, 0.3) is 5.91 Å². The number of hydrazone groups is 1. The van der Waals surface area contributed by atoms with Crippen LogP contribution in [0, 0.1) is 6.92 Å². The number of rotatable bonds is 6. The number of amides is 1. The number of carbonyl (C=O) groups excluding carboxylic acids is 1. The summed E-state index contributed by atoms with van der Waals surface area (Å²) in [6, 6.07) is 11.4. The number of thioether (sulfide) groups is 1. The van der Waals surface area contributed by atoms with E-state index in [1.807, 2.05) is 37.3 Å². The van der Waals surface area contributed by atoms with Gasteiger partial charge in [-0.25, -0.2) is 20.1 Å². The number of carbonyl (C=O) groups is 1. The topological polar surface area (TPSA) is 85.1 Å². The maximum absolute atomic E-state index is 11.8. The molecule has 2 heterocycles. The molecular weight excluding hydrogens is 372 g/mol. The molecule has 0 saturated heterocycles. The number of para-hydroxylation sites is 1. The monoisotopic (exact) mass is 386 g/mol. The molecule has 1 aromatic carbocycles. The maximum Gasteiger partial charge on any atom is 0.250 e. The van der Waals surface area contributed by atoms with E-state index >= 15 is 0 Å². The first kappa shape index (κ1) is 18.1. The maximum atomic E-state index is 11.8. The van der Waals surface area contributed by atoms with Crippen molar-refractivity contribution in [2.24, 2.45) is 5.10 Å². The molecule has 0 atom stereocenters. The molecule has 0 unspecified atom stereocenters. The molecular formula is C17H15ClN6OS. The zero-order valence-electron chi connectivity index (χ0n) is 13.8. The van der Waals surface area contributed by atoms with Gasteiger partial charge in [0.1, 0.15) is 0 Å². The van der Waals surface area contributed by atoms with Crippen LogP contribution in [0.5, 0.6) is 0 Å². The van der Waals surface area contributed by atoms with E-state index in [9.17, 15) is 4.79 Å². The van der Waals surface area contributed by atoms with Gasteiger partial charge in [-0.3, -0.25) is 4.79 Å². The molecule has 3 rings (SSSR count). The van der Waals surface area contributed by atoms with Crippen molar-refractivity contribution in [2.75, 3.05) is 5.75 Å². The van der Waals surface area contributed by atoms with Crippen LogP contribution in [-0.2, 0) is 4.79 Å². The average Bonchev–Trinajstić information content (AvgIpc) is 2.96. The van der Waals surface area contributed by atoms with Crippen molar-refractivity contribution in [3.63, 3.8) is 0 Å². The van der Waals surface area contributed by atoms with Crippen LogP contribution in [0.4, 0.5) is 0 Å². The molecule has 0 radical (unpaired) electrons. The minimum atomic E-state index is -0.261. The van der Waals surface area contributed by atoms with Crippen LogP contribution in [0.25, 0.3) is 5.69 Å². The average molecular weight is 387 g/mol. The molecule has 26 heavy (non-hydrogen) atoms. The van der Waals surface area contributed by atoms with Crippen LogP contribution in [0.2, 0.25) is 5.15 Å². The van der Waals surface area contributed by atoms with E-state index in [1.54, 1.807) is 23.1 Å². The molecule has 0 bridgehead atoms. The molecule has 7 nitrogen and oxygen atoms in total. The first-order valence-corrected chi connectivity index (χ1v) is 9.04. The zero-order chi connectivity index (χ0) is 18.4.